The van der Waals surface area contributed by atoms with Gasteiger partial charge in [-0.1, -0.05) is 0 Å². The average Bonchev–Trinajstić information content (AvgIpc) is 2.87. The molecule has 0 unspecified atom stereocenters. The molecule has 0 saturated carbocycles. The van der Waals surface area contributed by atoms with Gasteiger partial charge in [0.2, 0.25) is 0 Å². The van der Waals surface area contributed by atoms with E-state index in [1.165, 1.54) is 6.20 Å². The maximum Gasteiger partial charge on any atom is 0.284 e. The fourth-order valence-corrected chi connectivity index (χ4v) is 1.60. The third kappa shape index (κ3) is 2.13. The molecule has 0 aliphatic heterocycles. The molecule has 2 aromatic rings. The van der Waals surface area contributed by atoms with Crippen molar-refractivity contribution in [2.45, 2.75) is 0 Å². The minimum absolute atomic E-state index is 0.114. The van der Waals surface area contributed by atoms with E-state index in [1.54, 1.807) is 26.4 Å². The van der Waals surface area contributed by atoms with E-state index in [0.29, 0.717) is 17.2 Å². The van der Waals surface area contributed by atoms with Crippen LogP contribution in [0.1, 0.15) is 10.6 Å². The Kier molecular flexibility index (Phi) is 3.18. The van der Waals surface area contributed by atoms with Crippen LogP contribution in [0.4, 0.5) is 0 Å². The zero-order valence-corrected chi connectivity index (χ0v) is 10.1. The highest BCUT2D eigenvalue weighted by molar-refractivity contribution is 5.89. The second-order valence-corrected chi connectivity index (χ2v) is 3.58. The van der Waals surface area contributed by atoms with E-state index >= 15 is 0 Å². The topological polar surface area (TPSA) is 90.2 Å². The number of amides is 1. The molecule has 0 spiro atoms. The Bertz CT molecular complexity index is 578. The summed E-state index contributed by atoms with van der Waals surface area (Å²) < 4.78 is 10.4. The Morgan fingerprint density at radius 1 is 1.33 bits per heavy atom. The van der Waals surface area contributed by atoms with Crippen LogP contribution in [0.2, 0.25) is 0 Å². The fraction of sp³-hybridized carbons (Fsp3) is 0.167. The van der Waals surface area contributed by atoms with Gasteiger partial charge in [0.15, 0.2) is 5.82 Å². The van der Waals surface area contributed by atoms with Gasteiger partial charge in [-0.3, -0.25) is 4.79 Å². The molecule has 3 N–H and O–H groups in total. The molecule has 1 heterocycles. The minimum Gasteiger partial charge on any atom is -0.497 e. The van der Waals surface area contributed by atoms with Crippen LogP contribution in [-0.2, 0) is 0 Å². The number of imidazole rings is 1. The van der Waals surface area contributed by atoms with Crippen molar-refractivity contribution in [3.63, 3.8) is 0 Å². The lowest BCUT2D eigenvalue weighted by atomic mass is 10.1. The van der Waals surface area contributed by atoms with Crippen LogP contribution in [-0.4, -0.2) is 30.1 Å². The molecule has 94 valence electrons. The predicted molar refractivity (Wildman–Crippen MR) is 65.6 cm³/mol. The molecule has 0 atom stereocenters. The van der Waals surface area contributed by atoms with Crippen LogP contribution in [0.3, 0.4) is 0 Å². The number of carbonyl (C=O) groups is 1. The molecule has 1 aromatic heterocycles. The molecular weight excluding hydrogens is 234 g/mol. The normalized spacial score (nSPS) is 10.1. The van der Waals surface area contributed by atoms with Gasteiger partial charge in [-0.2, -0.15) is 0 Å². The molecule has 0 aliphatic carbocycles. The van der Waals surface area contributed by atoms with Gasteiger partial charge >= 0.3 is 0 Å². The summed E-state index contributed by atoms with van der Waals surface area (Å²) in [5, 5.41) is 0. The van der Waals surface area contributed by atoms with Crippen molar-refractivity contribution in [1.29, 1.82) is 0 Å². The van der Waals surface area contributed by atoms with Crippen molar-refractivity contribution < 1.29 is 14.3 Å². The first-order valence-electron chi connectivity index (χ1n) is 5.23. The van der Waals surface area contributed by atoms with Crippen LogP contribution in [0.15, 0.2) is 24.4 Å². The highest BCUT2D eigenvalue weighted by atomic mass is 16.5. The second-order valence-electron chi connectivity index (χ2n) is 3.58. The molecule has 1 aromatic carbocycles. The summed E-state index contributed by atoms with van der Waals surface area (Å²) >= 11 is 0. The number of methoxy groups -OCH3 is 2. The number of aromatic amines is 1. The maximum atomic E-state index is 11.0. The van der Waals surface area contributed by atoms with E-state index in [9.17, 15) is 4.79 Å². The van der Waals surface area contributed by atoms with Gasteiger partial charge in [0.25, 0.3) is 5.91 Å². The lowest BCUT2D eigenvalue weighted by Crippen LogP contribution is -2.12. The second kappa shape index (κ2) is 4.79. The van der Waals surface area contributed by atoms with Crippen molar-refractivity contribution in [3.05, 3.63) is 30.2 Å². The van der Waals surface area contributed by atoms with E-state index in [-0.39, 0.29) is 5.82 Å². The fourth-order valence-electron chi connectivity index (χ4n) is 1.60. The summed E-state index contributed by atoms with van der Waals surface area (Å²) in [6.07, 6.45) is 1.53. The van der Waals surface area contributed by atoms with E-state index < -0.39 is 5.91 Å². The summed E-state index contributed by atoms with van der Waals surface area (Å²) in [4.78, 5) is 17.7. The quantitative estimate of drug-likeness (QED) is 0.849. The molecule has 2 rings (SSSR count). The van der Waals surface area contributed by atoms with E-state index in [2.05, 4.69) is 9.97 Å². The molecule has 0 radical (unpaired) electrons. The summed E-state index contributed by atoms with van der Waals surface area (Å²) in [5.41, 5.74) is 6.57. The van der Waals surface area contributed by atoms with E-state index in [1.807, 2.05) is 6.07 Å². The Morgan fingerprint density at radius 3 is 2.67 bits per heavy atom. The maximum absolute atomic E-state index is 11.0. The zero-order valence-electron chi connectivity index (χ0n) is 10.1. The summed E-state index contributed by atoms with van der Waals surface area (Å²) in [5.74, 6) is 0.816. The first-order chi connectivity index (χ1) is 8.65. The number of hydrogen-bond donors (Lipinski definition) is 2. The van der Waals surface area contributed by atoms with Gasteiger partial charge in [0.1, 0.15) is 11.5 Å². The van der Waals surface area contributed by atoms with Gasteiger partial charge in [0.05, 0.1) is 26.1 Å². The molecule has 6 heteroatoms. The monoisotopic (exact) mass is 247 g/mol. The zero-order chi connectivity index (χ0) is 13.1. The number of aromatic nitrogens is 2. The van der Waals surface area contributed by atoms with E-state index in [4.69, 9.17) is 15.2 Å². The van der Waals surface area contributed by atoms with Gasteiger partial charge in [-0.25, -0.2) is 4.98 Å². The van der Waals surface area contributed by atoms with Crippen LogP contribution < -0.4 is 15.2 Å². The van der Waals surface area contributed by atoms with Crippen molar-refractivity contribution in [2.75, 3.05) is 14.2 Å². The number of rotatable bonds is 4. The number of nitrogens with zero attached hydrogens (tertiary/aromatic N) is 1. The van der Waals surface area contributed by atoms with Crippen LogP contribution in [0.5, 0.6) is 11.5 Å². The van der Waals surface area contributed by atoms with Crippen molar-refractivity contribution >= 4 is 5.91 Å². The first-order valence-corrected chi connectivity index (χ1v) is 5.23. The van der Waals surface area contributed by atoms with Crippen LogP contribution in [0, 0.1) is 0 Å². The lowest BCUT2D eigenvalue weighted by Gasteiger charge is -2.08. The number of hydrogen-bond acceptors (Lipinski definition) is 4. The molecule has 0 bridgehead atoms. The number of H-pyrrole nitrogens is 1. The first kappa shape index (κ1) is 12.0. The highest BCUT2D eigenvalue weighted by Crippen LogP contribution is 2.32. The number of nitrogens with one attached hydrogen (secondary N) is 1. The molecule has 1 amide bonds. The minimum atomic E-state index is -0.603. The van der Waals surface area contributed by atoms with Crippen molar-refractivity contribution in [3.8, 4) is 22.8 Å². The SMILES string of the molecule is COc1ccc(-c2cnc(C(N)=O)[nH]2)c(OC)c1. The van der Waals surface area contributed by atoms with Crippen LogP contribution >= 0.6 is 0 Å². The van der Waals surface area contributed by atoms with Gasteiger partial charge in [0, 0.05) is 11.6 Å². The number of benzene rings is 1. The molecule has 0 saturated heterocycles. The van der Waals surface area contributed by atoms with E-state index in [0.717, 1.165) is 5.56 Å². The molecule has 0 fully saturated rings. The number of nitrogens with two attached hydrogens (primary N) is 1. The average molecular weight is 247 g/mol. The van der Waals surface area contributed by atoms with Crippen molar-refractivity contribution in [1.82, 2.24) is 9.97 Å². The van der Waals surface area contributed by atoms with Gasteiger partial charge < -0.3 is 20.2 Å². The Morgan fingerprint density at radius 2 is 2.11 bits per heavy atom. The van der Waals surface area contributed by atoms with Crippen LogP contribution in [0.25, 0.3) is 11.3 Å². The summed E-state index contributed by atoms with van der Waals surface area (Å²) in [7, 11) is 3.14. The third-order valence-corrected chi connectivity index (χ3v) is 2.51. The molecule has 6 nitrogen and oxygen atoms in total. The lowest BCUT2D eigenvalue weighted by molar-refractivity contribution is 0.0991. The summed E-state index contributed by atoms with van der Waals surface area (Å²) in [6.45, 7) is 0. The Balaban J connectivity index is 2.45. The predicted octanol–water partition coefficient (Wildman–Crippen LogP) is 1.19. The number of ether oxygens (including phenoxy) is 2. The summed E-state index contributed by atoms with van der Waals surface area (Å²) in [6, 6.07) is 5.36. The van der Waals surface area contributed by atoms with Gasteiger partial charge in [-0.15, -0.1) is 0 Å². The Labute approximate surface area is 104 Å². The largest absolute Gasteiger partial charge is 0.497 e. The molecular formula is C12H13N3O3. The number of carbonyl (C=O) groups excluding carboxylic acids is 1. The highest BCUT2D eigenvalue weighted by Gasteiger charge is 2.12. The Hall–Kier alpha value is -2.50. The molecule has 0 aliphatic rings. The van der Waals surface area contributed by atoms with Crippen molar-refractivity contribution in [2.24, 2.45) is 5.73 Å². The van der Waals surface area contributed by atoms with Gasteiger partial charge in [-0.05, 0) is 12.1 Å². The molecule has 18 heavy (non-hydrogen) atoms. The third-order valence-electron chi connectivity index (χ3n) is 2.51. The number of primary amides is 1. The standard InChI is InChI=1S/C12H13N3O3/c1-17-7-3-4-8(10(5-7)18-2)9-6-14-12(15-9)11(13)16/h3-6H,1-2H3,(H2,13,16)(H,14,15). The smallest absolute Gasteiger partial charge is 0.284 e.